The minimum atomic E-state index is -2.31. The van der Waals surface area contributed by atoms with E-state index in [1.54, 1.807) is 6.92 Å². The zero-order chi connectivity index (χ0) is 34.1. The molecular weight excluding hydrogens is 632 g/mol. The van der Waals surface area contributed by atoms with Crippen LogP contribution < -0.4 is 0 Å². The molecule has 0 bridgehead atoms. The number of ether oxygens (including phenoxy) is 7. The molecule has 20 heteroatoms. The summed E-state index contributed by atoms with van der Waals surface area (Å²) in [7, 11) is 0. The summed E-state index contributed by atoms with van der Waals surface area (Å²) in [6, 6.07) is 0. The van der Waals surface area contributed by atoms with E-state index in [2.05, 4.69) is 0 Å². The van der Waals surface area contributed by atoms with Crippen LogP contribution in [0.1, 0.15) is 19.8 Å². The van der Waals surface area contributed by atoms with Gasteiger partial charge in [0.1, 0.15) is 91.6 Å². The van der Waals surface area contributed by atoms with E-state index < -0.39 is 143 Å². The van der Waals surface area contributed by atoms with Crippen molar-refractivity contribution in [2.24, 2.45) is 0 Å². The third-order valence-corrected chi connectivity index (χ3v) is 8.62. The third kappa shape index (κ3) is 7.37. The zero-order valence-electron chi connectivity index (χ0n) is 24.8. The van der Waals surface area contributed by atoms with Crippen LogP contribution in [-0.2, 0) is 33.2 Å². The molecule has 0 amide bonds. The van der Waals surface area contributed by atoms with E-state index in [0.717, 1.165) is 0 Å². The first kappa shape index (κ1) is 38.0. The summed E-state index contributed by atoms with van der Waals surface area (Å²) >= 11 is 0. The minimum Gasteiger partial charge on any atom is -0.394 e. The van der Waals surface area contributed by atoms with Gasteiger partial charge in [-0.25, -0.2) is 0 Å². The highest BCUT2D eigenvalue weighted by Gasteiger charge is 2.62. The lowest BCUT2D eigenvalue weighted by Gasteiger charge is -2.55. The first-order valence-electron chi connectivity index (χ1n) is 15.0. The molecule has 0 unspecified atom stereocenters. The zero-order valence-corrected chi connectivity index (χ0v) is 24.8. The average Bonchev–Trinajstić information content (AvgIpc) is 3.04. The highest BCUT2D eigenvalue weighted by molar-refractivity contribution is 5.02. The van der Waals surface area contributed by atoms with Crippen molar-refractivity contribution in [3.05, 3.63) is 0 Å². The fourth-order valence-corrected chi connectivity index (χ4v) is 5.96. The lowest BCUT2D eigenvalue weighted by atomic mass is 9.88. The predicted octanol–water partition coefficient (Wildman–Crippen LogP) is -7.94. The molecule has 0 aromatic carbocycles. The Balaban J connectivity index is 1.77. The van der Waals surface area contributed by atoms with Gasteiger partial charge in [0.25, 0.3) is 0 Å². The summed E-state index contributed by atoms with van der Waals surface area (Å²) < 4.78 is 40.3. The van der Waals surface area contributed by atoms with E-state index in [4.69, 9.17) is 33.2 Å². The van der Waals surface area contributed by atoms with Gasteiger partial charge in [-0.2, -0.15) is 0 Å². The van der Waals surface area contributed by atoms with Crippen molar-refractivity contribution < 1.29 is 99.5 Å². The van der Waals surface area contributed by atoms with Gasteiger partial charge in [-0.05, 0) is 0 Å². The first-order valence-corrected chi connectivity index (χ1v) is 15.0. The van der Waals surface area contributed by atoms with Gasteiger partial charge in [-0.1, -0.05) is 13.3 Å². The monoisotopic (exact) mass is 678 g/mol. The molecule has 20 nitrogen and oxygen atoms in total. The highest BCUT2D eigenvalue weighted by atomic mass is 16.8. The Bertz CT molecular complexity index is 945. The van der Waals surface area contributed by atoms with E-state index in [0.29, 0.717) is 0 Å². The quantitative estimate of drug-likeness (QED) is 0.0964. The van der Waals surface area contributed by atoms with Crippen LogP contribution >= 0.6 is 0 Å². The van der Waals surface area contributed by atoms with Gasteiger partial charge in [0.05, 0.1) is 26.4 Å². The topological polar surface area (TPSA) is 328 Å². The lowest BCUT2D eigenvalue weighted by Crippen LogP contribution is -2.72. The van der Waals surface area contributed by atoms with E-state index in [9.17, 15) is 66.4 Å². The summed E-state index contributed by atoms with van der Waals surface area (Å²) in [5.41, 5.74) is 0. The van der Waals surface area contributed by atoms with E-state index in [-0.39, 0.29) is 12.8 Å². The normalized spacial score (nSPS) is 52.0. The molecule has 4 aliphatic rings. The molecule has 4 rings (SSSR count). The minimum absolute atomic E-state index is 0.160. The number of hydrogen-bond donors (Lipinski definition) is 13. The molecule has 13 N–H and O–H groups in total. The Kier molecular flexibility index (Phi) is 13.1. The second-order valence-electron chi connectivity index (χ2n) is 11.8. The molecule has 0 saturated carbocycles. The van der Waals surface area contributed by atoms with E-state index in [1.165, 1.54) is 0 Å². The smallest absolute Gasteiger partial charge is 0.200 e. The molecular formula is C26H46O20. The second-order valence-corrected chi connectivity index (χ2v) is 11.8. The molecule has 0 aromatic rings. The molecule has 4 saturated heterocycles. The summed E-state index contributed by atoms with van der Waals surface area (Å²) in [6.45, 7) is -1.46. The number of rotatable bonds is 11. The van der Waals surface area contributed by atoms with Gasteiger partial charge < -0.3 is 99.5 Å². The molecule has 0 spiro atoms. The second kappa shape index (κ2) is 15.8. The summed E-state index contributed by atoms with van der Waals surface area (Å²) in [5, 5.41) is 134. The fraction of sp³-hybridized carbons (Fsp3) is 1.00. The fourth-order valence-electron chi connectivity index (χ4n) is 5.96. The molecule has 4 fully saturated rings. The van der Waals surface area contributed by atoms with Crippen LogP contribution in [0.15, 0.2) is 0 Å². The average molecular weight is 679 g/mol. The standard InChI is InChI=1S/C26H46O20/c1-2-3-26(46-25-20(39)17(36)14(33)10(5-28)42-25)22(44-23-18(37)12(31)8(30)7-40-23)21(15(34)11(6-29)45-26)43-24-19(38)16(35)13(32)9(4-27)41-24/h8-25,27-39H,2-7H2,1H3/t8-,9-,10-,11-,12+,13+,14-,15-,16+,17+,18-,19-,20-,21+,22-,23-,24+,25+,26+/m1/s1. The first-order chi connectivity index (χ1) is 21.7. The Hall–Kier alpha value is -0.800. The summed E-state index contributed by atoms with van der Waals surface area (Å²) in [4.78, 5) is 0. The van der Waals surface area contributed by atoms with Crippen molar-refractivity contribution in [2.45, 2.75) is 136 Å². The summed E-state index contributed by atoms with van der Waals surface area (Å²) in [5.74, 6) is -2.31. The van der Waals surface area contributed by atoms with Crippen LogP contribution in [0.3, 0.4) is 0 Å². The summed E-state index contributed by atoms with van der Waals surface area (Å²) in [6.07, 6.45) is -32.3. The van der Waals surface area contributed by atoms with Crippen molar-refractivity contribution in [1.29, 1.82) is 0 Å². The molecule has 19 atom stereocenters. The van der Waals surface area contributed by atoms with E-state index in [1.807, 2.05) is 0 Å². The van der Waals surface area contributed by atoms with Crippen molar-refractivity contribution in [2.75, 3.05) is 26.4 Å². The maximum atomic E-state index is 11.3. The van der Waals surface area contributed by atoms with Crippen LogP contribution in [0.5, 0.6) is 0 Å². The SMILES string of the molecule is CCC[C@@]1(O[C@@H]2O[C@H](CO)[C@@H](O)[C@H](O)[C@H]2O)O[C@H](CO)[C@@H](O)[C@H](O[C@@H]2O[C@H](CO)[C@H](O)[C@H](O)[C@H]2O)[C@H]1O[C@H]1OC[C@@H](O)[C@H](O)[C@H]1O. The highest BCUT2D eigenvalue weighted by Crippen LogP contribution is 2.43. The van der Waals surface area contributed by atoms with Gasteiger partial charge in [0, 0.05) is 6.42 Å². The number of hydrogen-bond acceptors (Lipinski definition) is 20. The maximum absolute atomic E-state index is 11.3. The Morgan fingerprint density at radius 1 is 0.587 bits per heavy atom. The number of aliphatic hydroxyl groups is 13. The van der Waals surface area contributed by atoms with Crippen molar-refractivity contribution in [3.8, 4) is 0 Å². The largest absolute Gasteiger partial charge is 0.394 e. The third-order valence-electron chi connectivity index (χ3n) is 8.62. The van der Waals surface area contributed by atoms with Crippen molar-refractivity contribution in [3.63, 3.8) is 0 Å². The van der Waals surface area contributed by atoms with Crippen LogP contribution in [0.2, 0.25) is 0 Å². The molecule has 46 heavy (non-hydrogen) atoms. The van der Waals surface area contributed by atoms with Gasteiger partial charge in [-0.15, -0.1) is 0 Å². The van der Waals surface area contributed by atoms with Crippen LogP contribution in [0, 0.1) is 0 Å². The molecule has 0 aromatic heterocycles. The Morgan fingerprint density at radius 3 is 1.65 bits per heavy atom. The molecule has 0 aliphatic carbocycles. The van der Waals surface area contributed by atoms with Crippen molar-refractivity contribution in [1.82, 2.24) is 0 Å². The van der Waals surface area contributed by atoms with Crippen molar-refractivity contribution >= 4 is 0 Å². The van der Waals surface area contributed by atoms with Crippen LogP contribution in [0.25, 0.3) is 0 Å². The van der Waals surface area contributed by atoms with Gasteiger partial charge in [-0.3, -0.25) is 0 Å². The number of aliphatic hydroxyl groups excluding tert-OH is 13. The Morgan fingerprint density at radius 2 is 1.11 bits per heavy atom. The van der Waals surface area contributed by atoms with Gasteiger partial charge in [0.2, 0.25) is 5.79 Å². The molecule has 0 radical (unpaired) electrons. The van der Waals surface area contributed by atoms with Crippen LogP contribution in [0.4, 0.5) is 0 Å². The van der Waals surface area contributed by atoms with Gasteiger partial charge >= 0.3 is 0 Å². The van der Waals surface area contributed by atoms with Gasteiger partial charge in [0.15, 0.2) is 18.9 Å². The molecule has 4 aliphatic heterocycles. The maximum Gasteiger partial charge on any atom is 0.200 e. The van der Waals surface area contributed by atoms with E-state index >= 15 is 0 Å². The lowest BCUT2D eigenvalue weighted by molar-refractivity contribution is -0.451. The predicted molar refractivity (Wildman–Crippen MR) is 142 cm³/mol. The Labute approximate surface area is 262 Å². The molecule has 270 valence electrons. The molecule has 4 heterocycles. The van der Waals surface area contributed by atoms with Crippen LogP contribution in [-0.4, -0.2) is 209 Å².